The van der Waals surface area contributed by atoms with Crippen LogP contribution in [0.2, 0.25) is 0 Å². The van der Waals surface area contributed by atoms with Crippen LogP contribution in [0.15, 0.2) is 24.3 Å². The molecule has 0 spiro atoms. The lowest BCUT2D eigenvalue weighted by molar-refractivity contribution is -0.143. The first-order valence-electron chi connectivity index (χ1n) is 6.21. The summed E-state index contributed by atoms with van der Waals surface area (Å²) in [6.07, 6.45) is -4.45. The first kappa shape index (κ1) is 16.2. The van der Waals surface area contributed by atoms with E-state index < -0.39 is 29.1 Å². The molecule has 0 bridgehead atoms. The van der Waals surface area contributed by atoms with Crippen LogP contribution >= 0.6 is 0 Å². The third kappa shape index (κ3) is 4.68. The smallest absolute Gasteiger partial charge is 0.417 e. The molecule has 0 amide bonds. The van der Waals surface area contributed by atoms with Crippen molar-refractivity contribution in [1.29, 1.82) is 0 Å². The number of hydrogen-bond donors (Lipinski definition) is 0. The Bertz CT molecular complexity index is 481. The van der Waals surface area contributed by atoms with Gasteiger partial charge >= 0.3 is 12.1 Å². The van der Waals surface area contributed by atoms with Crippen LogP contribution in [0.25, 0.3) is 0 Å². The maximum absolute atomic E-state index is 12.7. The quantitative estimate of drug-likeness (QED) is 0.593. The molecule has 1 rings (SSSR count). The number of carbonyl (C=O) groups is 2. The van der Waals surface area contributed by atoms with Gasteiger partial charge in [0.25, 0.3) is 0 Å². The Morgan fingerprint density at radius 2 is 1.80 bits per heavy atom. The van der Waals surface area contributed by atoms with Gasteiger partial charge in [0, 0.05) is 12.0 Å². The molecule has 0 N–H and O–H groups in total. The lowest BCUT2D eigenvalue weighted by Crippen LogP contribution is -2.14. The van der Waals surface area contributed by atoms with Crippen LogP contribution in [-0.2, 0) is 15.7 Å². The summed E-state index contributed by atoms with van der Waals surface area (Å²) in [7, 11) is 0. The molecule has 0 aliphatic carbocycles. The summed E-state index contributed by atoms with van der Waals surface area (Å²) in [6.45, 7) is 2.06. The van der Waals surface area contributed by atoms with Crippen molar-refractivity contribution in [3.05, 3.63) is 35.4 Å². The lowest BCUT2D eigenvalue weighted by atomic mass is 10.0. The zero-order valence-electron chi connectivity index (χ0n) is 11.0. The highest BCUT2D eigenvalue weighted by Gasteiger charge is 2.34. The molecule has 20 heavy (non-hydrogen) atoms. The van der Waals surface area contributed by atoms with E-state index in [1.807, 2.05) is 6.92 Å². The van der Waals surface area contributed by atoms with Crippen molar-refractivity contribution in [3.63, 3.8) is 0 Å². The third-order valence-electron chi connectivity index (χ3n) is 2.56. The van der Waals surface area contributed by atoms with E-state index in [0.29, 0.717) is 6.42 Å². The molecule has 0 saturated heterocycles. The van der Waals surface area contributed by atoms with E-state index in [0.717, 1.165) is 12.1 Å². The number of alkyl halides is 3. The van der Waals surface area contributed by atoms with Gasteiger partial charge in [0.2, 0.25) is 0 Å². The Hall–Kier alpha value is -1.85. The molecule has 0 unspecified atom stereocenters. The number of carbonyl (C=O) groups excluding carboxylic acids is 2. The number of halogens is 3. The molecule has 0 fully saturated rings. The molecule has 0 saturated carbocycles. The SMILES string of the molecule is CCCOC(=O)CCC(=O)c1ccccc1C(F)(F)F. The summed E-state index contributed by atoms with van der Waals surface area (Å²) >= 11 is 0. The second-order valence-corrected chi connectivity index (χ2v) is 4.19. The largest absolute Gasteiger partial charge is 0.466 e. The standard InChI is InChI=1S/C14H15F3O3/c1-2-9-20-13(19)8-7-12(18)10-5-3-4-6-11(10)14(15,16)17/h3-6H,2,7-9H2,1H3. The number of Topliss-reactive ketones (excluding diaryl/α,β-unsaturated/α-hetero) is 1. The van der Waals surface area contributed by atoms with E-state index >= 15 is 0 Å². The summed E-state index contributed by atoms with van der Waals surface area (Å²) in [6, 6.07) is 4.54. The van der Waals surface area contributed by atoms with Crippen LogP contribution in [0.5, 0.6) is 0 Å². The third-order valence-corrected chi connectivity index (χ3v) is 2.56. The van der Waals surface area contributed by atoms with Gasteiger partial charge in [-0.05, 0) is 12.5 Å². The average molecular weight is 288 g/mol. The predicted octanol–water partition coefficient (Wildman–Crippen LogP) is 3.62. The number of rotatable bonds is 6. The Kier molecular flexibility index (Phi) is 5.73. The molecular formula is C14H15F3O3. The predicted molar refractivity (Wildman–Crippen MR) is 66.3 cm³/mol. The second-order valence-electron chi connectivity index (χ2n) is 4.19. The van der Waals surface area contributed by atoms with Crippen LogP contribution in [0.4, 0.5) is 13.2 Å². The summed E-state index contributed by atoms with van der Waals surface area (Å²) < 4.78 is 43.0. The number of ether oxygens (including phenoxy) is 1. The van der Waals surface area contributed by atoms with Gasteiger partial charge in [0.15, 0.2) is 5.78 Å². The summed E-state index contributed by atoms with van der Waals surface area (Å²) in [5, 5.41) is 0. The summed E-state index contributed by atoms with van der Waals surface area (Å²) in [5.74, 6) is -1.30. The average Bonchev–Trinajstić information content (AvgIpc) is 2.41. The van der Waals surface area contributed by atoms with E-state index in [4.69, 9.17) is 4.74 Å². The maximum atomic E-state index is 12.7. The van der Waals surface area contributed by atoms with Gasteiger partial charge in [-0.25, -0.2) is 0 Å². The number of hydrogen-bond acceptors (Lipinski definition) is 3. The van der Waals surface area contributed by atoms with Gasteiger partial charge in [-0.1, -0.05) is 25.1 Å². The second kappa shape index (κ2) is 7.07. The van der Waals surface area contributed by atoms with Crippen LogP contribution in [0.3, 0.4) is 0 Å². The van der Waals surface area contributed by atoms with Crippen LogP contribution in [-0.4, -0.2) is 18.4 Å². The van der Waals surface area contributed by atoms with Crippen molar-refractivity contribution in [2.75, 3.05) is 6.61 Å². The monoisotopic (exact) mass is 288 g/mol. The Labute approximate surface area is 114 Å². The highest BCUT2D eigenvalue weighted by atomic mass is 19.4. The zero-order chi connectivity index (χ0) is 15.2. The molecule has 1 aromatic rings. The van der Waals surface area contributed by atoms with Crippen LogP contribution in [0.1, 0.15) is 42.1 Å². The van der Waals surface area contributed by atoms with Gasteiger partial charge in [-0.3, -0.25) is 9.59 Å². The molecule has 110 valence electrons. The van der Waals surface area contributed by atoms with E-state index in [9.17, 15) is 22.8 Å². The van der Waals surface area contributed by atoms with Gasteiger partial charge in [0.05, 0.1) is 18.6 Å². The fourth-order valence-electron chi connectivity index (χ4n) is 1.61. The Morgan fingerprint density at radius 1 is 1.15 bits per heavy atom. The number of benzene rings is 1. The fourth-order valence-corrected chi connectivity index (χ4v) is 1.61. The summed E-state index contributed by atoms with van der Waals surface area (Å²) in [5.41, 5.74) is -1.39. The molecule has 3 nitrogen and oxygen atoms in total. The molecule has 6 heteroatoms. The molecule has 0 aromatic heterocycles. The van der Waals surface area contributed by atoms with Gasteiger partial charge in [-0.2, -0.15) is 13.2 Å². The van der Waals surface area contributed by atoms with E-state index in [-0.39, 0.29) is 19.4 Å². The summed E-state index contributed by atoms with van der Waals surface area (Å²) in [4.78, 5) is 23.0. The normalized spacial score (nSPS) is 11.2. The molecule has 1 aromatic carbocycles. The zero-order valence-corrected chi connectivity index (χ0v) is 11.0. The van der Waals surface area contributed by atoms with Gasteiger partial charge < -0.3 is 4.74 Å². The molecule has 0 aliphatic heterocycles. The lowest BCUT2D eigenvalue weighted by Gasteiger charge is -2.11. The van der Waals surface area contributed by atoms with Crippen molar-refractivity contribution in [3.8, 4) is 0 Å². The highest BCUT2D eigenvalue weighted by Crippen LogP contribution is 2.32. The van der Waals surface area contributed by atoms with Crippen LogP contribution < -0.4 is 0 Å². The Morgan fingerprint density at radius 3 is 2.40 bits per heavy atom. The van der Waals surface area contributed by atoms with E-state index in [1.165, 1.54) is 12.1 Å². The van der Waals surface area contributed by atoms with Crippen molar-refractivity contribution < 1.29 is 27.5 Å². The fraction of sp³-hybridized carbons (Fsp3) is 0.429. The van der Waals surface area contributed by atoms with Crippen molar-refractivity contribution >= 4 is 11.8 Å². The van der Waals surface area contributed by atoms with Crippen molar-refractivity contribution in [1.82, 2.24) is 0 Å². The van der Waals surface area contributed by atoms with Crippen molar-refractivity contribution in [2.45, 2.75) is 32.4 Å². The molecule has 0 atom stereocenters. The number of esters is 1. The van der Waals surface area contributed by atoms with Crippen molar-refractivity contribution in [2.24, 2.45) is 0 Å². The van der Waals surface area contributed by atoms with E-state index in [1.54, 1.807) is 0 Å². The molecular weight excluding hydrogens is 273 g/mol. The van der Waals surface area contributed by atoms with Crippen LogP contribution in [0, 0.1) is 0 Å². The highest BCUT2D eigenvalue weighted by molar-refractivity contribution is 5.99. The first-order valence-corrected chi connectivity index (χ1v) is 6.21. The molecule has 0 aliphatic rings. The maximum Gasteiger partial charge on any atom is 0.417 e. The molecule has 0 radical (unpaired) electrons. The van der Waals surface area contributed by atoms with E-state index in [2.05, 4.69) is 0 Å². The minimum Gasteiger partial charge on any atom is -0.466 e. The first-order chi connectivity index (χ1) is 9.36. The van der Waals surface area contributed by atoms with Gasteiger partial charge in [-0.15, -0.1) is 0 Å². The minimum absolute atomic E-state index is 0.217. The number of ketones is 1. The van der Waals surface area contributed by atoms with Gasteiger partial charge in [0.1, 0.15) is 0 Å². The topological polar surface area (TPSA) is 43.4 Å². The Balaban J connectivity index is 2.71. The molecule has 0 heterocycles. The minimum atomic E-state index is -4.59.